The lowest BCUT2D eigenvalue weighted by Crippen LogP contribution is -2.22. The second-order valence-corrected chi connectivity index (χ2v) is 8.37. The molecule has 0 N–H and O–H groups in total. The van der Waals surface area contributed by atoms with Crippen LogP contribution in [0.3, 0.4) is 0 Å². The molecule has 4 aromatic rings. The Morgan fingerprint density at radius 2 is 1.83 bits per heavy atom. The number of anilines is 1. The fraction of sp³-hybridized carbons (Fsp3) is 0.154. The zero-order chi connectivity index (χ0) is 25.4. The summed E-state index contributed by atoms with van der Waals surface area (Å²) >= 11 is 6.34. The number of carbonyl (C=O) groups excluding carboxylic acids is 3. The highest BCUT2D eigenvalue weighted by atomic mass is 35.5. The van der Waals surface area contributed by atoms with Crippen molar-refractivity contribution >= 4 is 46.0 Å². The molecule has 0 atom stereocenters. The van der Waals surface area contributed by atoms with E-state index < -0.39 is 17.7 Å². The minimum atomic E-state index is -0.703. The molecule has 4 rings (SSSR count). The van der Waals surface area contributed by atoms with Crippen LogP contribution in [0.1, 0.15) is 33.2 Å². The van der Waals surface area contributed by atoms with Crippen LogP contribution in [0.4, 0.5) is 10.1 Å². The summed E-state index contributed by atoms with van der Waals surface area (Å²) in [5.74, 6) is -2.08. The number of methoxy groups -OCH3 is 1. The van der Waals surface area contributed by atoms with Crippen molar-refractivity contribution in [2.75, 3.05) is 19.1 Å². The van der Waals surface area contributed by atoms with Crippen molar-refractivity contribution in [2.45, 2.75) is 13.8 Å². The summed E-state index contributed by atoms with van der Waals surface area (Å²) in [6.07, 6.45) is 0. The number of aromatic nitrogens is 2. The summed E-state index contributed by atoms with van der Waals surface area (Å²) < 4.78 is 20.9. The summed E-state index contributed by atoms with van der Waals surface area (Å²) in [5, 5.41) is 5.20. The van der Waals surface area contributed by atoms with Crippen molar-refractivity contribution in [1.29, 1.82) is 0 Å². The van der Waals surface area contributed by atoms with Crippen molar-refractivity contribution in [1.82, 2.24) is 9.78 Å². The Labute approximate surface area is 205 Å². The predicted octanol–water partition coefficient (Wildman–Crippen LogP) is 5.26. The van der Waals surface area contributed by atoms with Crippen molar-refractivity contribution in [3.8, 4) is 11.3 Å². The average Bonchev–Trinajstić information content (AvgIpc) is 3.21. The first-order chi connectivity index (χ1) is 16.6. The molecule has 9 heteroatoms. The van der Waals surface area contributed by atoms with Gasteiger partial charge in [0.2, 0.25) is 5.91 Å². The Bertz CT molecular complexity index is 1490. The highest BCUT2D eigenvalue weighted by molar-refractivity contribution is 6.34. The third-order valence-electron chi connectivity index (χ3n) is 5.80. The number of amides is 1. The van der Waals surface area contributed by atoms with Gasteiger partial charge in [-0.15, -0.1) is 0 Å². The number of hydrogen-bond acceptors (Lipinski definition) is 5. The summed E-state index contributed by atoms with van der Waals surface area (Å²) in [6.45, 7) is 3.18. The van der Waals surface area contributed by atoms with Crippen LogP contribution in [0.2, 0.25) is 5.02 Å². The average molecular weight is 494 g/mol. The van der Waals surface area contributed by atoms with Crippen molar-refractivity contribution in [3.63, 3.8) is 0 Å². The molecule has 0 aliphatic carbocycles. The molecule has 1 heterocycles. The van der Waals surface area contributed by atoms with E-state index in [0.717, 1.165) is 10.7 Å². The maximum atomic E-state index is 15.1. The van der Waals surface area contributed by atoms with E-state index in [2.05, 4.69) is 9.84 Å². The molecule has 35 heavy (non-hydrogen) atoms. The van der Waals surface area contributed by atoms with Crippen molar-refractivity contribution in [2.24, 2.45) is 0 Å². The van der Waals surface area contributed by atoms with E-state index >= 15 is 4.39 Å². The lowest BCUT2D eigenvalue weighted by atomic mass is 10.0. The van der Waals surface area contributed by atoms with Gasteiger partial charge in [-0.25, -0.2) is 9.18 Å². The molecule has 178 valence electrons. The largest absolute Gasteiger partial charge is 0.465 e. The first kappa shape index (κ1) is 24.1. The second kappa shape index (κ2) is 9.31. The number of nitrogens with zero attached hydrogens (tertiary/aromatic N) is 3. The normalized spacial score (nSPS) is 10.9. The summed E-state index contributed by atoms with van der Waals surface area (Å²) in [6, 6.07) is 14.0. The number of esters is 1. The molecule has 1 aromatic heterocycles. The van der Waals surface area contributed by atoms with E-state index in [1.807, 2.05) is 0 Å². The van der Waals surface area contributed by atoms with Crippen LogP contribution in [-0.2, 0) is 9.53 Å². The molecule has 0 fully saturated rings. The van der Waals surface area contributed by atoms with E-state index in [-0.39, 0.29) is 33.3 Å². The summed E-state index contributed by atoms with van der Waals surface area (Å²) in [4.78, 5) is 38.8. The molecule has 0 bridgehead atoms. The van der Waals surface area contributed by atoms with Crippen LogP contribution in [0, 0.1) is 12.7 Å². The standard InChI is InChI=1S/C26H21ClFN3O4/c1-14-6-5-7-20(27)23(14)25(33)31-22-13-17(30(3)15(2)32)9-11-19(22)24(29-31)18-10-8-16(12-21(18)28)26(34)35-4/h5-13H,1-4H3. The molecular weight excluding hydrogens is 473 g/mol. The quantitative estimate of drug-likeness (QED) is 0.362. The fourth-order valence-corrected chi connectivity index (χ4v) is 4.11. The van der Waals surface area contributed by atoms with Crippen LogP contribution in [0.5, 0.6) is 0 Å². The SMILES string of the molecule is COC(=O)c1ccc(-c2nn(C(=O)c3c(C)cccc3Cl)c3cc(N(C)C(C)=O)ccc23)c(F)c1. The Kier molecular flexibility index (Phi) is 6.41. The van der Waals surface area contributed by atoms with E-state index in [1.54, 1.807) is 50.4 Å². The molecular formula is C26H21ClFN3O4. The number of carbonyl (C=O) groups is 3. The third kappa shape index (κ3) is 4.28. The monoisotopic (exact) mass is 493 g/mol. The van der Waals surface area contributed by atoms with Gasteiger partial charge < -0.3 is 9.64 Å². The van der Waals surface area contributed by atoms with E-state index in [9.17, 15) is 14.4 Å². The first-order valence-electron chi connectivity index (χ1n) is 10.6. The lowest BCUT2D eigenvalue weighted by Gasteiger charge is -2.15. The second-order valence-electron chi connectivity index (χ2n) is 7.96. The zero-order valence-electron chi connectivity index (χ0n) is 19.4. The molecule has 7 nitrogen and oxygen atoms in total. The Hall–Kier alpha value is -4.04. The molecule has 0 radical (unpaired) electrons. The highest BCUT2D eigenvalue weighted by Gasteiger charge is 2.24. The maximum Gasteiger partial charge on any atom is 0.337 e. The molecule has 0 saturated heterocycles. The zero-order valence-corrected chi connectivity index (χ0v) is 20.2. The topological polar surface area (TPSA) is 81.5 Å². The van der Waals surface area contributed by atoms with Gasteiger partial charge in [-0.2, -0.15) is 9.78 Å². The first-order valence-corrected chi connectivity index (χ1v) is 11.0. The molecule has 0 spiro atoms. The van der Waals surface area contributed by atoms with Gasteiger partial charge >= 0.3 is 5.97 Å². The van der Waals surface area contributed by atoms with Gasteiger partial charge in [0.1, 0.15) is 11.5 Å². The Morgan fingerprint density at radius 3 is 2.46 bits per heavy atom. The summed E-state index contributed by atoms with van der Waals surface area (Å²) in [7, 11) is 2.82. The number of hydrogen-bond donors (Lipinski definition) is 0. The van der Waals surface area contributed by atoms with Gasteiger partial charge in [0.15, 0.2) is 0 Å². The predicted molar refractivity (Wildman–Crippen MR) is 131 cm³/mol. The van der Waals surface area contributed by atoms with Gasteiger partial charge in [0.25, 0.3) is 5.91 Å². The number of ether oxygens (including phenoxy) is 1. The van der Waals surface area contributed by atoms with Gasteiger partial charge in [-0.1, -0.05) is 23.7 Å². The smallest absolute Gasteiger partial charge is 0.337 e. The van der Waals surface area contributed by atoms with E-state index in [1.165, 1.54) is 31.1 Å². The number of aryl methyl sites for hydroxylation is 1. The van der Waals surface area contributed by atoms with Crippen LogP contribution in [-0.4, -0.2) is 41.7 Å². The highest BCUT2D eigenvalue weighted by Crippen LogP contribution is 2.34. The maximum absolute atomic E-state index is 15.1. The van der Waals surface area contributed by atoms with Crippen LogP contribution >= 0.6 is 11.6 Å². The fourth-order valence-electron chi connectivity index (χ4n) is 3.81. The number of benzene rings is 3. The Balaban J connectivity index is 1.98. The van der Waals surface area contributed by atoms with Gasteiger partial charge in [0, 0.05) is 30.6 Å². The number of fused-ring (bicyclic) bond motifs is 1. The lowest BCUT2D eigenvalue weighted by molar-refractivity contribution is -0.116. The Morgan fingerprint density at radius 1 is 1.09 bits per heavy atom. The van der Waals surface area contributed by atoms with Gasteiger partial charge in [-0.3, -0.25) is 9.59 Å². The number of halogens is 2. The molecule has 1 amide bonds. The molecule has 0 aliphatic heterocycles. The van der Waals surface area contributed by atoms with Crippen molar-refractivity contribution in [3.05, 3.63) is 82.1 Å². The number of rotatable bonds is 4. The van der Waals surface area contributed by atoms with Crippen molar-refractivity contribution < 1.29 is 23.5 Å². The van der Waals surface area contributed by atoms with Gasteiger partial charge in [0.05, 0.1) is 28.8 Å². The van der Waals surface area contributed by atoms with Crippen LogP contribution in [0.15, 0.2) is 54.6 Å². The molecule has 0 aliphatic rings. The third-order valence-corrected chi connectivity index (χ3v) is 6.11. The molecule has 0 unspecified atom stereocenters. The van der Waals surface area contributed by atoms with E-state index in [4.69, 9.17) is 11.6 Å². The van der Waals surface area contributed by atoms with E-state index in [0.29, 0.717) is 22.2 Å². The molecule has 0 saturated carbocycles. The van der Waals surface area contributed by atoms with Crippen LogP contribution < -0.4 is 4.90 Å². The van der Waals surface area contributed by atoms with Crippen LogP contribution in [0.25, 0.3) is 22.2 Å². The molecule has 3 aromatic carbocycles. The minimum absolute atomic E-state index is 0.0469. The minimum Gasteiger partial charge on any atom is -0.465 e. The summed E-state index contributed by atoms with van der Waals surface area (Å²) in [5.41, 5.74) is 2.15. The van der Waals surface area contributed by atoms with Gasteiger partial charge in [-0.05, 0) is 55.0 Å².